The zero-order valence-corrected chi connectivity index (χ0v) is 10.2. The van der Waals surface area contributed by atoms with Gasteiger partial charge in [0.1, 0.15) is 5.69 Å². The number of fused-ring (bicyclic) bond motifs is 1. The number of anilines is 1. The lowest BCUT2D eigenvalue weighted by Crippen LogP contribution is -2.32. The van der Waals surface area contributed by atoms with Gasteiger partial charge in [-0.05, 0) is 43.0 Å². The quantitative estimate of drug-likeness (QED) is 0.724. The Bertz CT molecular complexity index is 584. The number of nitrogens with one attached hydrogen (secondary N) is 2. The number of amides is 1. The van der Waals surface area contributed by atoms with Crippen molar-refractivity contribution in [3.05, 3.63) is 30.0 Å². The molecule has 1 saturated carbocycles. The Labute approximate surface area is 106 Å². The Balaban J connectivity index is 1.74. The summed E-state index contributed by atoms with van der Waals surface area (Å²) in [5.41, 5.74) is 7.98. The highest BCUT2D eigenvalue weighted by molar-refractivity contribution is 5.98. The molecule has 0 radical (unpaired) electrons. The maximum atomic E-state index is 12.0. The molecule has 0 saturated heterocycles. The average molecular weight is 243 g/mol. The van der Waals surface area contributed by atoms with E-state index in [0.717, 1.165) is 17.4 Å². The third-order valence-corrected chi connectivity index (χ3v) is 3.67. The first-order chi connectivity index (χ1) is 8.72. The second-order valence-corrected chi connectivity index (χ2v) is 5.04. The Morgan fingerprint density at radius 3 is 2.94 bits per heavy atom. The zero-order valence-electron chi connectivity index (χ0n) is 10.2. The summed E-state index contributed by atoms with van der Waals surface area (Å²) >= 11 is 0. The van der Waals surface area contributed by atoms with Gasteiger partial charge in [0.15, 0.2) is 0 Å². The van der Waals surface area contributed by atoms with E-state index in [2.05, 4.69) is 10.3 Å². The van der Waals surface area contributed by atoms with Crippen molar-refractivity contribution in [1.29, 1.82) is 0 Å². The zero-order chi connectivity index (χ0) is 12.5. The molecule has 1 aromatic carbocycles. The van der Waals surface area contributed by atoms with E-state index in [1.165, 1.54) is 19.3 Å². The summed E-state index contributed by atoms with van der Waals surface area (Å²) in [5, 5.41) is 3.95. The van der Waals surface area contributed by atoms with Crippen LogP contribution in [0, 0.1) is 5.92 Å². The molecule has 0 spiro atoms. The fourth-order valence-electron chi connectivity index (χ4n) is 2.30. The SMILES string of the molecule is Nc1ccc2[nH]c(C(=O)NCC3CCC3)cc2c1. The third-order valence-electron chi connectivity index (χ3n) is 3.67. The van der Waals surface area contributed by atoms with Gasteiger partial charge in [-0.2, -0.15) is 0 Å². The van der Waals surface area contributed by atoms with Crippen LogP contribution < -0.4 is 11.1 Å². The molecule has 2 aromatic rings. The fraction of sp³-hybridized carbons (Fsp3) is 0.357. The number of hydrogen-bond donors (Lipinski definition) is 3. The highest BCUT2D eigenvalue weighted by atomic mass is 16.1. The monoisotopic (exact) mass is 243 g/mol. The first kappa shape index (κ1) is 11.1. The van der Waals surface area contributed by atoms with E-state index < -0.39 is 0 Å². The van der Waals surface area contributed by atoms with Crippen molar-refractivity contribution in [3.8, 4) is 0 Å². The number of benzene rings is 1. The molecule has 0 atom stereocenters. The Morgan fingerprint density at radius 1 is 1.39 bits per heavy atom. The van der Waals surface area contributed by atoms with Gasteiger partial charge in [-0.25, -0.2) is 0 Å². The Kier molecular flexibility index (Phi) is 2.70. The predicted octanol–water partition coefficient (Wildman–Crippen LogP) is 2.28. The number of rotatable bonds is 3. The van der Waals surface area contributed by atoms with E-state index >= 15 is 0 Å². The molecule has 1 aromatic heterocycles. The summed E-state index contributed by atoms with van der Waals surface area (Å²) in [6, 6.07) is 7.44. The van der Waals surface area contributed by atoms with Crippen molar-refractivity contribution in [2.45, 2.75) is 19.3 Å². The van der Waals surface area contributed by atoms with Crippen LogP contribution in [0.3, 0.4) is 0 Å². The molecule has 94 valence electrons. The van der Waals surface area contributed by atoms with Crippen molar-refractivity contribution in [1.82, 2.24) is 10.3 Å². The molecular formula is C14H17N3O. The first-order valence-electron chi connectivity index (χ1n) is 6.39. The number of nitrogens with two attached hydrogens (primary N) is 1. The summed E-state index contributed by atoms with van der Waals surface area (Å²) in [5.74, 6) is 0.644. The van der Waals surface area contributed by atoms with E-state index in [4.69, 9.17) is 5.73 Å². The van der Waals surface area contributed by atoms with Gasteiger partial charge in [0.05, 0.1) is 0 Å². The molecule has 0 unspecified atom stereocenters. The molecule has 4 heteroatoms. The van der Waals surface area contributed by atoms with Gasteiger partial charge in [0.25, 0.3) is 5.91 Å². The van der Waals surface area contributed by atoms with Gasteiger partial charge in [-0.3, -0.25) is 4.79 Å². The molecule has 1 aliphatic carbocycles. The first-order valence-corrected chi connectivity index (χ1v) is 6.39. The van der Waals surface area contributed by atoms with Gasteiger partial charge in [-0.1, -0.05) is 6.42 Å². The van der Waals surface area contributed by atoms with Gasteiger partial charge in [0.2, 0.25) is 0 Å². The number of carbonyl (C=O) groups is 1. The summed E-state index contributed by atoms with van der Waals surface area (Å²) < 4.78 is 0. The normalized spacial score (nSPS) is 15.6. The summed E-state index contributed by atoms with van der Waals surface area (Å²) in [6.45, 7) is 0.788. The molecular weight excluding hydrogens is 226 g/mol. The Morgan fingerprint density at radius 2 is 2.22 bits per heavy atom. The number of aromatic nitrogens is 1. The second-order valence-electron chi connectivity index (χ2n) is 5.04. The van der Waals surface area contributed by atoms with Crippen molar-refractivity contribution in [2.75, 3.05) is 12.3 Å². The molecule has 4 nitrogen and oxygen atoms in total. The fourth-order valence-corrected chi connectivity index (χ4v) is 2.30. The van der Waals surface area contributed by atoms with E-state index in [-0.39, 0.29) is 5.91 Å². The molecule has 1 fully saturated rings. The summed E-state index contributed by atoms with van der Waals surface area (Å²) in [4.78, 5) is 15.1. The van der Waals surface area contributed by atoms with Crippen LogP contribution in [-0.2, 0) is 0 Å². The lowest BCUT2D eigenvalue weighted by Gasteiger charge is -2.25. The maximum absolute atomic E-state index is 12.0. The smallest absolute Gasteiger partial charge is 0.267 e. The molecule has 0 bridgehead atoms. The van der Waals surface area contributed by atoms with E-state index in [1.807, 2.05) is 24.3 Å². The maximum Gasteiger partial charge on any atom is 0.267 e. The van der Waals surface area contributed by atoms with Crippen LogP contribution >= 0.6 is 0 Å². The van der Waals surface area contributed by atoms with E-state index in [0.29, 0.717) is 17.3 Å². The standard InChI is InChI=1S/C14H17N3O/c15-11-4-5-12-10(6-11)7-13(17-12)14(18)16-8-9-2-1-3-9/h4-7,9,17H,1-3,8,15H2,(H,16,18). The van der Waals surface area contributed by atoms with Crippen LogP contribution in [0.1, 0.15) is 29.8 Å². The number of nitrogen functional groups attached to an aromatic ring is 1. The minimum Gasteiger partial charge on any atom is -0.399 e. The number of aromatic amines is 1. The average Bonchev–Trinajstić information content (AvgIpc) is 2.69. The topological polar surface area (TPSA) is 70.9 Å². The van der Waals surface area contributed by atoms with Gasteiger partial charge in [0, 0.05) is 23.1 Å². The molecule has 1 heterocycles. The van der Waals surface area contributed by atoms with Crippen molar-refractivity contribution in [3.63, 3.8) is 0 Å². The van der Waals surface area contributed by atoms with Crippen LogP contribution in [0.15, 0.2) is 24.3 Å². The predicted molar refractivity (Wildman–Crippen MR) is 72.4 cm³/mol. The van der Waals surface area contributed by atoms with Gasteiger partial charge in [-0.15, -0.1) is 0 Å². The van der Waals surface area contributed by atoms with E-state index in [1.54, 1.807) is 0 Å². The van der Waals surface area contributed by atoms with Crippen LogP contribution in [0.5, 0.6) is 0 Å². The van der Waals surface area contributed by atoms with Crippen LogP contribution in [0.2, 0.25) is 0 Å². The molecule has 1 amide bonds. The summed E-state index contributed by atoms with van der Waals surface area (Å²) in [7, 11) is 0. The van der Waals surface area contributed by atoms with Crippen molar-refractivity contribution < 1.29 is 4.79 Å². The van der Waals surface area contributed by atoms with Crippen molar-refractivity contribution >= 4 is 22.5 Å². The molecule has 3 rings (SSSR count). The highest BCUT2D eigenvalue weighted by Gasteiger charge is 2.18. The van der Waals surface area contributed by atoms with Crippen LogP contribution in [-0.4, -0.2) is 17.4 Å². The lowest BCUT2D eigenvalue weighted by atomic mass is 9.85. The minimum atomic E-state index is -0.0309. The summed E-state index contributed by atoms with van der Waals surface area (Å²) in [6.07, 6.45) is 3.78. The number of carbonyl (C=O) groups excluding carboxylic acids is 1. The highest BCUT2D eigenvalue weighted by Crippen LogP contribution is 2.25. The lowest BCUT2D eigenvalue weighted by molar-refractivity contribution is 0.0935. The molecule has 4 N–H and O–H groups in total. The van der Waals surface area contributed by atoms with Gasteiger partial charge < -0.3 is 16.0 Å². The van der Waals surface area contributed by atoms with Crippen LogP contribution in [0.25, 0.3) is 10.9 Å². The van der Waals surface area contributed by atoms with Crippen LogP contribution in [0.4, 0.5) is 5.69 Å². The third kappa shape index (κ3) is 2.06. The molecule has 1 aliphatic rings. The Hall–Kier alpha value is -1.97. The number of H-pyrrole nitrogens is 1. The minimum absolute atomic E-state index is 0.0309. The molecule has 18 heavy (non-hydrogen) atoms. The largest absolute Gasteiger partial charge is 0.399 e. The molecule has 0 aliphatic heterocycles. The number of hydrogen-bond acceptors (Lipinski definition) is 2. The van der Waals surface area contributed by atoms with Gasteiger partial charge >= 0.3 is 0 Å². The van der Waals surface area contributed by atoms with Crippen molar-refractivity contribution in [2.24, 2.45) is 5.92 Å². The second kappa shape index (κ2) is 4.37. The van der Waals surface area contributed by atoms with E-state index in [9.17, 15) is 4.79 Å².